The molecule has 1 aromatic rings. The first-order valence-electron chi connectivity index (χ1n) is 9.49. The van der Waals surface area contributed by atoms with E-state index >= 15 is 0 Å². The van der Waals surface area contributed by atoms with Gasteiger partial charge in [0, 0.05) is 18.8 Å². The lowest BCUT2D eigenvalue weighted by Gasteiger charge is -2.49. The van der Waals surface area contributed by atoms with E-state index in [0.29, 0.717) is 11.8 Å². The van der Waals surface area contributed by atoms with E-state index in [-0.39, 0.29) is 35.2 Å². The second-order valence-corrected chi connectivity index (χ2v) is 8.25. The fourth-order valence-corrected chi connectivity index (χ4v) is 4.69. The molecule has 1 saturated carbocycles. The van der Waals surface area contributed by atoms with Gasteiger partial charge in [0.1, 0.15) is 6.54 Å². The minimum Gasteiger partial charge on any atom is -1.00 e. The number of hydrogen-bond donors (Lipinski definition) is 1. The van der Waals surface area contributed by atoms with E-state index in [4.69, 9.17) is 4.74 Å². The van der Waals surface area contributed by atoms with Gasteiger partial charge in [-0.15, -0.1) is 0 Å². The Kier molecular flexibility index (Phi) is 5.74. The van der Waals surface area contributed by atoms with Crippen LogP contribution >= 0.6 is 0 Å². The van der Waals surface area contributed by atoms with Gasteiger partial charge in [-0.3, -0.25) is 0 Å². The summed E-state index contributed by atoms with van der Waals surface area (Å²) in [6.45, 7) is 3.46. The third-order valence-electron chi connectivity index (χ3n) is 6.54. The van der Waals surface area contributed by atoms with Gasteiger partial charge in [0.25, 0.3) is 0 Å². The third-order valence-corrected chi connectivity index (χ3v) is 6.54. The quantitative estimate of drug-likeness (QED) is 0.736. The molecule has 25 heavy (non-hydrogen) atoms. The van der Waals surface area contributed by atoms with Crippen molar-refractivity contribution in [2.75, 3.05) is 26.7 Å². The maximum Gasteiger partial charge on any atom is 0.408 e. The van der Waals surface area contributed by atoms with Crippen LogP contribution in [0.5, 0.6) is 0 Å². The molecule has 3 heterocycles. The summed E-state index contributed by atoms with van der Waals surface area (Å²) in [4.78, 5) is 12.6. The number of nitrogens with zero attached hydrogens (tertiary/aromatic N) is 1. The summed E-state index contributed by atoms with van der Waals surface area (Å²) in [6, 6.07) is 10.4. The number of carbonyl (C=O) groups excluding carboxylic acids is 1. The lowest BCUT2D eigenvalue weighted by Crippen LogP contribution is -3.00. The van der Waals surface area contributed by atoms with E-state index in [1.807, 2.05) is 18.2 Å². The van der Waals surface area contributed by atoms with E-state index in [0.717, 1.165) is 11.0 Å². The first-order chi connectivity index (χ1) is 11.6. The van der Waals surface area contributed by atoms with Gasteiger partial charge in [0.15, 0.2) is 6.10 Å². The first-order valence-corrected chi connectivity index (χ1v) is 9.49. The van der Waals surface area contributed by atoms with Gasteiger partial charge in [-0.05, 0) is 24.3 Å². The molecule has 5 rings (SSSR count). The maximum atomic E-state index is 12.6. The minimum atomic E-state index is -0.221. The molecule has 2 atom stereocenters. The molecule has 0 spiro atoms. The third kappa shape index (κ3) is 4.03. The number of nitrogens with one attached hydrogen (secondary N) is 1. The van der Waals surface area contributed by atoms with E-state index < -0.39 is 0 Å². The second-order valence-electron chi connectivity index (χ2n) is 8.25. The van der Waals surface area contributed by atoms with Gasteiger partial charge < -0.3 is 31.5 Å². The summed E-state index contributed by atoms with van der Waals surface area (Å²) in [5, 5.41) is 3.19. The van der Waals surface area contributed by atoms with Gasteiger partial charge in [0.05, 0.1) is 26.2 Å². The van der Waals surface area contributed by atoms with Crippen molar-refractivity contribution in [1.29, 1.82) is 0 Å². The molecule has 4 nitrogen and oxygen atoms in total. The fourth-order valence-electron chi connectivity index (χ4n) is 4.69. The molecule has 1 unspecified atom stereocenters. The molecule has 0 radical (unpaired) electrons. The number of alkyl carbamates (subject to hydrolysis) is 1. The molecule has 3 saturated heterocycles. The maximum absolute atomic E-state index is 12.6. The van der Waals surface area contributed by atoms with Crippen molar-refractivity contribution < 1.29 is 31.0 Å². The zero-order chi connectivity index (χ0) is 16.6. The summed E-state index contributed by atoms with van der Waals surface area (Å²) in [5.41, 5.74) is 1.20. The number of ether oxygens (including phenoxy) is 1. The van der Waals surface area contributed by atoms with E-state index in [1.54, 1.807) is 0 Å². The molecule has 4 aliphatic rings. The summed E-state index contributed by atoms with van der Waals surface area (Å²) >= 11 is 0. The molecule has 2 bridgehead atoms. The largest absolute Gasteiger partial charge is 1.00 e. The molecule has 3 aliphatic heterocycles. The summed E-state index contributed by atoms with van der Waals surface area (Å²) in [7, 11) is 2.30. The topological polar surface area (TPSA) is 38.3 Å². The van der Waals surface area contributed by atoms with Gasteiger partial charge >= 0.3 is 6.09 Å². The van der Waals surface area contributed by atoms with E-state index in [2.05, 4.69) is 24.5 Å². The number of amides is 1. The molecule has 4 fully saturated rings. The Morgan fingerprint density at radius 1 is 1.16 bits per heavy atom. The number of hydrogen-bond acceptors (Lipinski definition) is 2. The number of fused-ring (bicyclic) bond motifs is 3. The molecule has 5 heteroatoms. The fraction of sp³-hybridized carbons (Fsp3) is 0.650. The minimum absolute atomic E-state index is 0. The number of rotatable bonds is 4. The predicted octanol–water partition coefficient (Wildman–Crippen LogP) is 0.497. The van der Waals surface area contributed by atoms with Gasteiger partial charge in [-0.1, -0.05) is 36.8 Å². The molecule has 1 N–H and O–H groups in total. The van der Waals surface area contributed by atoms with Gasteiger partial charge in [0.2, 0.25) is 0 Å². The van der Waals surface area contributed by atoms with Crippen molar-refractivity contribution in [3.05, 3.63) is 35.9 Å². The summed E-state index contributed by atoms with van der Waals surface area (Å²) in [6.07, 6.45) is 5.92. The number of benzene rings is 1. The number of halogens is 1. The summed E-state index contributed by atoms with van der Waals surface area (Å²) in [5.74, 6) is 1.12. The van der Waals surface area contributed by atoms with E-state index in [9.17, 15) is 4.79 Å². The molecule has 138 valence electrons. The molecule has 1 amide bonds. The molecule has 0 aromatic heterocycles. The SMILES string of the molecule is C[N+]12CCC(CC1)[C@@H](OC(=O)NC(c1ccccc1)C1CCC1)C2.[Br-]. The van der Waals surface area contributed by atoms with Crippen LogP contribution in [0.4, 0.5) is 4.79 Å². The van der Waals surface area contributed by atoms with Crippen LogP contribution in [-0.2, 0) is 4.74 Å². The Bertz CT molecular complexity index is 583. The Morgan fingerprint density at radius 3 is 2.40 bits per heavy atom. The first kappa shape index (κ1) is 18.7. The molecular weight excluding hydrogens is 380 g/mol. The lowest BCUT2D eigenvalue weighted by atomic mass is 9.77. The van der Waals surface area contributed by atoms with E-state index in [1.165, 1.54) is 50.8 Å². The van der Waals surface area contributed by atoms with Crippen LogP contribution in [0.1, 0.15) is 43.7 Å². The Hall–Kier alpha value is -1.07. The summed E-state index contributed by atoms with van der Waals surface area (Å²) < 4.78 is 6.96. The zero-order valence-corrected chi connectivity index (χ0v) is 16.6. The van der Waals surface area contributed by atoms with Crippen LogP contribution in [0.2, 0.25) is 0 Å². The number of carbonyl (C=O) groups is 1. The highest BCUT2D eigenvalue weighted by Gasteiger charge is 2.45. The average Bonchev–Trinajstić information content (AvgIpc) is 2.53. The highest BCUT2D eigenvalue weighted by Crippen LogP contribution is 2.38. The van der Waals surface area contributed by atoms with Gasteiger partial charge in [-0.2, -0.15) is 0 Å². The van der Waals surface area contributed by atoms with Crippen LogP contribution in [0.15, 0.2) is 30.3 Å². The van der Waals surface area contributed by atoms with Crippen molar-refractivity contribution in [2.24, 2.45) is 11.8 Å². The lowest BCUT2D eigenvalue weighted by molar-refractivity contribution is -0.928. The van der Waals surface area contributed by atoms with Crippen molar-refractivity contribution in [1.82, 2.24) is 5.32 Å². The second kappa shape index (κ2) is 7.67. The Morgan fingerprint density at radius 2 is 1.84 bits per heavy atom. The van der Waals surface area contributed by atoms with Crippen LogP contribution in [0, 0.1) is 11.8 Å². The Labute approximate surface area is 161 Å². The standard InChI is InChI=1S/C20H28N2O2.BrH/c1-22-12-10-15(11-13-22)18(14-22)24-20(23)21-19(17-8-5-9-17)16-6-3-2-4-7-16;/h2-4,6-7,15,17-19H,5,8-14H2,1H3;1H/t15?,18-,19?,22?;/m0./s1. The number of quaternary nitrogens is 1. The van der Waals surface area contributed by atoms with Crippen LogP contribution in [0.3, 0.4) is 0 Å². The molecule has 1 aromatic carbocycles. The van der Waals surface area contributed by atoms with Crippen molar-refractivity contribution in [3.63, 3.8) is 0 Å². The highest BCUT2D eigenvalue weighted by molar-refractivity contribution is 5.68. The van der Waals surface area contributed by atoms with Crippen LogP contribution in [-0.4, -0.2) is 43.4 Å². The zero-order valence-electron chi connectivity index (χ0n) is 15.0. The van der Waals surface area contributed by atoms with Crippen LogP contribution < -0.4 is 22.3 Å². The normalized spacial score (nSPS) is 32.2. The highest BCUT2D eigenvalue weighted by atomic mass is 79.9. The van der Waals surface area contributed by atoms with Crippen molar-refractivity contribution >= 4 is 6.09 Å². The Balaban J connectivity index is 0.00000182. The smallest absolute Gasteiger partial charge is 0.408 e. The average molecular weight is 409 g/mol. The van der Waals surface area contributed by atoms with Crippen molar-refractivity contribution in [3.8, 4) is 0 Å². The van der Waals surface area contributed by atoms with Gasteiger partial charge in [-0.25, -0.2) is 4.79 Å². The van der Waals surface area contributed by atoms with Crippen LogP contribution in [0.25, 0.3) is 0 Å². The predicted molar refractivity (Wildman–Crippen MR) is 93.4 cm³/mol. The number of piperidine rings is 3. The monoisotopic (exact) mass is 408 g/mol. The number of likely N-dealkylation sites (N-methyl/N-ethyl adjacent to an activating group) is 1. The van der Waals surface area contributed by atoms with Crippen molar-refractivity contribution in [2.45, 2.75) is 44.2 Å². The molecular formula is C20H29BrN2O2. The molecule has 1 aliphatic carbocycles.